The van der Waals surface area contributed by atoms with E-state index in [4.69, 9.17) is 14.2 Å². The second kappa shape index (κ2) is 9.32. The van der Waals surface area contributed by atoms with Crippen LogP contribution in [0, 0.1) is 0 Å². The minimum Gasteiger partial charge on any atom is -0.497 e. The van der Waals surface area contributed by atoms with E-state index in [1.807, 2.05) is 30.1 Å². The average Bonchev–Trinajstić information content (AvgIpc) is 3.31. The van der Waals surface area contributed by atoms with E-state index in [1.54, 1.807) is 7.11 Å². The lowest BCUT2D eigenvalue weighted by Gasteiger charge is -2.28. The summed E-state index contributed by atoms with van der Waals surface area (Å²) in [5, 5.41) is 2.28. The maximum Gasteiger partial charge on any atom is 0.236 e. The van der Waals surface area contributed by atoms with Crippen LogP contribution in [0.1, 0.15) is 30.0 Å². The zero-order valence-electron chi connectivity index (χ0n) is 19.3. The Kier molecular flexibility index (Phi) is 6.09. The summed E-state index contributed by atoms with van der Waals surface area (Å²) in [5.41, 5.74) is 2.31. The second-order valence-corrected chi connectivity index (χ2v) is 8.83. The molecule has 0 aliphatic carbocycles. The summed E-state index contributed by atoms with van der Waals surface area (Å²) in [6.45, 7) is 3.10. The van der Waals surface area contributed by atoms with Crippen molar-refractivity contribution in [2.45, 2.75) is 25.4 Å². The first kappa shape index (κ1) is 21.6. The Hall–Kier alpha value is -3.25. The lowest BCUT2D eigenvalue weighted by Crippen LogP contribution is -2.37. The predicted molar refractivity (Wildman–Crippen MR) is 128 cm³/mol. The van der Waals surface area contributed by atoms with Gasteiger partial charge >= 0.3 is 0 Å². The Balaban J connectivity index is 1.24. The lowest BCUT2D eigenvalue weighted by atomic mass is 10.0. The first-order valence-electron chi connectivity index (χ1n) is 11.5. The molecule has 1 amide bonds. The smallest absolute Gasteiger partial charge is 0.236 e. The van der Waals surface area contributed by atoms with Crippen LogP contribution in [0.3, 0.4) is 0 Å². The number of nitrogens with zero attached hydrogens (tertiary/aromatic N) is 2. The van der Waals surface area contributed by atoms with Crippen LogP contribution in [0.25, 0.3) is 10.8 Å². The van der Waals surface area contributed by atoms with E-state index in [-0.39, 0.29) is 11.9 Å². The second-order valence-electron chi connectivity index (χ2n) is 8.83. The van der Waals surface area contributed by atoms with E-state index in [0.29, 0.717) is 26.3 Å². The van der Waals surface area contributed by atoms with Crippen molar-refractivity contribution in [3.63, 3.8) is 0 Å². The van der Waals surface area contributed by atoms with Crippen LogP contribution in [-0.2, 0) is 11.3 Å². The highest BCUT2D eigenvalue weighted by Crippen LogP contribution is 2.38. The van der Waals surface area contributed by atoms with Crippen LogP contribution in [0.4, 0.5) is 0 Å². The zero-order valence-corrected chi connectivity index (χ0v) is 19.3. The van der Waals surface area contributed by atoms with Crippen molar-refractivity contribution < 1.29 is 19.0 Å². The molecule has 0 aromatic heterocycles. The molecule has 6 nitrogen and oxygen atoms in total. The Bertz CT molecular complexity index is 1160. The van der Waals surface area contributed by atoms with Gasteiger partial charge in [-0.1, -0.05) is 24.3 Å². The summed E-state index contributed by atoms with van der Waals surface area (Å²) in [7, 11) is 3.56. The van der Waals surface area contributed by atoms with Gasteiger partial charge in [0, 0.05) is 19.6 Å². The van der Waals surface area contributed by atoms with Gasteiger partial charge in [-0.15, -0.1) is 0 Å². The van der Waals surface area contributed by atoms with Crippen LogP contribution < -0.4 is 14.2 Å². The molecule has 172 valence electrons. The minimum atomic E-state index is 0.134. The van der Waals surface area contributed by atoms with E-state index < -0.39 is 0 Å². The van der Waals surface area contributed by atoms with Crippen molar-refractivity contribution >= 4 is 16.7 Å². The first-order chi connectivity index (χ1) is 16.1. The number of hydrogen-bond donors (Lipinski definition) is 0. The van der Waals surface area contributed by atoms with Gasteiger partial charge in [0.05, 0.1) is 13.7 Å². The number of fused-ring (bicyclic) bond motifs is 2. The molecule has 33 heavy (non-hydrogen) atoms. The quantitative estimate of drug-likeness (QED) is 0.561. The molecule has 0 bridgehead atoms. The largest absolute Gasteiger partial charge is 0.497 e. The Morgan fingerprint density at radius 2 is 1.82 bits per heavy atom. The molecule has 2 aliphatic rings. The molecular formula is C27H30N2O4. The number of hydrogen-bond acceptors (Lipinski definition) is 5. The lowest BCUT2D eigenvalue weighted by molar-refractivity contribution is -0.131. The van der Waals surface area contributed by atoms with Crippen molar-refractivity contribution in [1.82, 2.24) is 9.80 Å². The van der Waals surface area contributed by atoms with Crippen molar-refractivity contribution in [3.05, 3.63) is 65.7 Å². The van der Waals surface area contributed by atoms with Crippen molar-refractivity contribution in [3.8, 4) is 17.2 Å². The topological polar surface area (TPSA) is 51.2 Å². The molecule has 5 rings (SSSR count). The molecule has 1 unspecified atom stereocenters. The fourth-order valence-corrected chi connectivity index (χ4v) is 4.82. The third-order valence-corrected chi connectivity index (χ3v) is 6.61. The summed E-state index contributed by atoms with van der Waals surface area (Å²) >= 11 is 0. The van der Waals surface area contributed by atoms with Crippen LogP contribution >= 0.6 is 0 Å². The number of methoxy groups -OCH3 is 1. The van der Waals surface area contributed by atoms with Gasteiger partial charge in [-0.3, -0.25) is 9.69 Å². The molecule has 0 N–H and O–H groups in total. The molecule has 0 spiro atoms. The predicted octanol–water partition coefficient (Wildman–Crippen LogP) is 4.42. The molecule has 3 aromatic carbocycles. The highest BCUT2D eigenvalue weighted by molar-refractivity contribution is 5.84. The number of ether oxygens (including phenoxy) is 3. The van der Waals surface area contributed by atoms with Crippen LogP contribution in [0.15, 0.2) is 54.6 Å². The molecule has 2 heterocycles. The summed E-state index contributed by atoms with van der Waals surface area (Å²) in [6, 6.07) is 18.8. The van der Waals surface area contributed by atoms with Gasteiger partial charge in [0.25, 0.3) is 0 Å². The van der Waals surface area contributed by atoms with Gasteiger partial charge in [-0.05, 0) is 71.6 Å². The molecule has 1 atom stereocenters. The number of rotatable bonds is 6. The Morgan fingerprint density at radius 1 is 1.03 bits per heavy atom. The number of benzene rings is 3. The maximum atomic E-state index is 13.1. The first-order valence-corrected chi connectivity index (χ1v) is 11.5. The highest BCUT2D eigenvalue weighted by Gasteiger charge is 2.29. The van der Waals surface area contributed by atoms with Crippen molar-refractivity contribution in [1.29, 1.82) is 0 Å². The van der Waals surface area contributed by atoms with Crippen molar-refractivity contribution in [2.75, 3.05) is 40.5 Å². The third kappa shape index (κ3) is 4.62. The van der Waals surface area contributed by atoms with Gasteiger partial charge in [0.15, 0.2) is 11.5 Å². The van der Waals surface area contributed by atoms with Gasteiger partial charge < -0.3 is 19.1 Å². The fraction of sp³-hybridized carbons (Fsp3) is 0.370. The molecule has 1 fully saturated rings. The van der Waals surface area contributed by atoms with E-state index in [1.165, 1.54) is 5.56 Å². The standard InChI is InChI=1S/C27H30N2O4/c1-28(17-19-5-6-21-15-23(31-2)9-7-20(21)14-19)27(30)18-29-11-3-4-24(29)22-8-10-25-26(16-22)33-13-12-32-25/h5-10,14-16,24H,3-4,11-13,17-18H2,1-2H3. The molecule has 0 saturated carbocycles. The Labute approximate surface area is 194 Å². The SMILES string of the molecule is COc1ccc2cc(CN(C)C(=O)CN3CCCC3c3ccc4c(c3)OCCO4)ccc2c1. The number of likely N-dealkylation sites (tertiary alicyclic amines) is 1. The van der Waals surface area contributed by atoms with Gasteiger partial charge in [0.1, 0.15) is 19.0 Å². The molecule has 3 aromatic rings. The van der Waals surface area contributed by atoms with Gasteiger partial charge in [-0.25, -0.2) is 0 Å². The maximum absolute atomic E-state index is 13.1. The third-order valence-electron chi connectivity index (χ3n) is 6.61. The fourth-order valence-electron chi connectivity index (χ4n) is 4.82. The molecule has 2 aliphatic heterocycles. The van der Waals surface area contributed by atoms with Crippen LogP contribution in [0.5, 0.6) is 17.2 Å². The van der Waals surface area contributed by atoms with E-state index in [9.17, 15) is 4.79 Å². The van der Waals surface area contributed by atoms with Crippen LogP contribution in [0.2, 0.25) is 0 Å². The number of carbonyl (C=O) groups excluding carboxylic acids is 1. The summed E-state index contributed by atoms with van der Waals surface area (Å²) in [4.78, 5) is 17.2. The zero-order chi connectivity index (χ0) is 22.8. The average molecular weight is 447 g/mol. The van der Waals surface area contributed by atoms with E-state index >= 15 is 0 Å². The van der Waals surface area contributed by atoms with Gasteiger partial charge in [-0.2, -0.15) is 0 Å². The van der Waals surface area contributed by atoms with E-state index in [0.717, 1.165) is 53.0 Å². The monoisotopic (exact) mass is 446 g/mol. The minimum absolute atomic E-state index is 0.134. The van der Waals surface area contributed by atoms with Gasteiger partial charge in [0.2, 0.25) is 5.91 Å². The summed E-state index contributed by atoms with van der Waals surface area (Å²) < 4.78 is 16.7. The number of likely N-dealkylation sites (N-methyl/N-ethyl adjacent to an activating group) is 1. The molecule has 0 radical (unpaired) electrons. The highest BCUT2D eigenvalue weighted by atomic mass is 16.6. The summed E-state index contributed by atoms with van der Waals surface area (Å²) in [6.07, 6.45) is 2.13. The summed E-state index contributed by atoms with van der Waals surface area (Å²) in [5.74, 6) is 2.59. The number of carbonyl (C=O) groups is 1. The van der Waals surface area contributed by atoms with E-state index in [2.05, 4.69) is 41.3 Å². The van der Waals surface area contributed by atoms with Crippen LogP contribution in [-0.4, -0.2) is 56.2 Å². The molecule has 6 heteroatoms. The normalized spacial score (nSPS) is 17.8. The Morgan fingerprint density at radius 3 is 2.67 bits per heavy atom. The van der Waals surface area contributed by atoms with Crippen molar-refractivity contribution in [2.24, 2.45) is 0 Å². The molecule has 1 saturated heterocycles. The number of amides is 1. The molecular weight excluding hydrogens is 416 g/mol.